The molecule has 0 fully saturated rings. The molecule has 23 heavy (non-hydrogen) atoms. The molecular weight excluding hydrogens is 347 g/mol. The molecule has 116 valence electrons. The van der Waals surface area contributed by atoms with Crippen LogP contribution < -0.4 is 9.09 Å². The van der Waals surface area contributed by atoms with Crippen molar-refractivity contribution >= 4 is 32.1 Å². The summed E-state index contributed by atoms with van der Waals surface area (Å²) in [6, 6.07) is 14.7. The Bertz CT molecular complexity index is 935. The fraction of sp³-hybridized carbons (Fsp3) is 0.211. The molecule has 3 aromatic rings. The van der Waals surface area contributed by atoms with Gasteiger partial charge in [0.2, 0.25) is 0 Å². The zero-order chi connectivity index (χ0) is 16.6. The first-order valence-electron chi connectivity index (χ1n) is 7.57. The van der Waals surface area contributed by atoms with Gasteiger partial charge in [-0.3, -0.25) is 0 Å². The SMILES string of the molecule is CCn1c(-c2ccc([AsH2])c(C)c2)c(C#N)c2ccc(OC)cc21. The number of benzene rings is 2. The van der Waals surface area contributed by atoms with Crippen LogP contribution in [0.1, 0.15) is 18.1 Å². The number of methoxy groups -OCH3 is 1. The van der Waals surface area contributed by atoms with Crippen LogP contribution in [0.3, 0.4) is 0 Å². The summed E-state index contributed by atoms with van der Waals surface area (Å²) in [7, 11) is 1.66. The van der Waals surface area contributed by atoms with Crippen LogP contribution in [0.15, 0.2) is 36.4 Å². The Balaban J connectivity index is 2.39. The molecule has 0 aliphatic heterocycles. The third-order valence-electron chi connectivity index (χ3n) is 4.24. The van der Waals surface area contributed by atoms with E-state index in [-0.39, 0.29) is 0 Å². The van der Waals surface area contributed by atoms with Crippen molar-refractivity contribution in [1.29, 1.82) is 5.26 Å². The van der Waals surface area contributed by atoms with Gasteiger partial charge in [0.25, 0.3) is 0 Å². The zero-order valence-corrected chi connectivity index (χ0v) is 16.0. The molecule has 3 rings (SSSR count). The molecule has 1 unspecified atom stereocenters. The normalized spacial score (nSPS) is 10.7. The second-order valence-corrected chi connectivity index (χ2v) is 6.84. The molecule has 3 nitrogen and oxygen atoms in total. The summed E-state index contributed by atoms with van der Waals surface area (Å²) in [5, 5.41) is 10.7. The predicted octanol–water partition coefficient (Wildman–Crippen LogP) is 2.78. The Hall–Kier alpha value is -2.17. The van der Waals surface area contributed by atoms with Crippen molar-refractivity contribution in [1.82, 2.24) is 4.57 Å². The number of nitriles is 1. The van der Waals surface area contributed by atoms with Crippen molar-refractivity contribution in [3.8, 4) is 23.1 Å². The Labute approximate surface area is 145 Å². The Morgan fingerprint density at radius 1 is 1.22 bits per heavy atom. The van der Waals surface area contributed by atoms with E-state index in [0.717, 1.165) is 40.0 Å². The molecule has 0 saturated carbocycles. The van der Waals surface area contributed by atoms with Crippen LogP contribution in [0, 0.1) is 18.3 Å². The molecule has 0 aliphatic carbocycles. The standard InChI is InChI=1S/C19H19AsN2O/c1-4-22-18-10-14(23-3)6-7-15(18)16(11-21)19(22)13-5-8-17(20)12(2)9-13/h5-10H,4,20H2,1-3H3. The number of nitrogens with zero attached hydrogens (tertiary/aromatic N) is 2. The van der Waals surface area contributed by atoms with Crippen LogP contribution in [0.25, 0.3) is 22.2 Å². The van der Waals surface area contributed by atoms with Crippen molar-refractivity contribution in [2.45, 2.75) is 20.4 Å². The summed E-state index contributed by atoms with van der Waals surface area (Å²) in [5.41, 5.74) is 5.13. The average Bonchev–Trinajstić information content (AvgIpc) is 2.89. The molecule has 0 spiro atoms. The van der Waals surface area contributed by atoms with Crippen LogP contribution in [0.2, 0.25) is 0 Å². The molecular formula is C19H19AsN2O. The fourth-order valence-electron chi connectivity index (χ4n) is 3.02. The monoisotopic (exact) mass is 366 g/mol. The van der Waals surface area contributed by atoms with E-state index in [9.17, 15) is 5.26 Å². The van der Waals surface area contributed by atoms with E-state index in [1.807, 2.05) is 18.2 Å². The average molecular weight is 366 g/mol. The zero-order valence-electron chi connectivity index (χ0n) is 13.6. The first kappa shape index (κ1) is 15.7. The van der Waals surface area contributed by atoms with Crippen molar-refractivity contribution in [3.63, 3.8) is 0 Å². The van der Waals surface area contributed by atoms with Gasteiger partial charge in [-0.25, -0.2) is 0 Å². The molecule has 1 aromatic heterocycles. The van der Waals surface area contributed by atoms with Gasteiger partial charge < -0.3 is 0 Å². The topological polar surface area (TPSA) is 38.0 Å². The summed E-state index contributed by atoms with van der Waals surface area (Å²) < 4.78 is 8.87. The Morgan fingerprint density at radius 2 is 2.00 bits per heavy atom. The van der Waals surface area contributed by atoms with Gasteiger partial charge >= 0.3 is 145 Å². The predicted molar refractivity (Wildman–Crippen MR) is 97.2 cm³/mol. The Kier molecular flexibility index (Phi) is 4.20. The minimum atomic E-state index is 0.735. The van der Waals surface area contributed by atoms with Crippen LogP contribution in [0.5, 0.6) is 5.75 Å². The number of aromatic nitrogens is 1. The second-order valence-electron chi connectivity index (χ2n) is 5.53. The molecule has 0 N–H and O–H groups in total. The van der Waals surface area contributed by atoms with Gasteiger partial charge in [0.15, 0.2) is 0 Å². The van der Waals surface area contributed by atoms with Gasteiger partial charge in [-0.2, -0.15) is 0 Å². The second kappa shape index (κ2) is 6.14. The van der Waals surface area contributed by atoms with E-state index in [0.29, 0.717) is 0 Å². The molecule has 1 heterocycles. The fourth-order valence-corrected chi connectivity index (χ4v) is 3.40. The molecule has 0 amide bonds. The van der Waals surface area contributed by atoms with Crippen LogP contribution in [-0.2, 0) is 6.54 Å². The first-order chi connectivity index (χ1) is 11.1. The van der Waals surface area contributed by atoms with Gasteiger partial charge in [0, 0.05) is 0 Å². The molecule has 4 heteroatoms. The molecule has 1 atom stereocenters. The summed E-state index contributed by atoms with van der Waals surface area (Å²) in [6.07, 6.45) is 0. The van der Waals surface area contributed by atoms with Crippen molar-refractivity contribution in [2.75, 3.05) is 7.11 Å². The van der Waals surface area contributed by atoms with Gasteiger partial charge in [0.1, 0.15) is 0 Å². The summed E-state index contributed by atoms with van der Waals surface area (Å²) >= 11 is 1.62. The summed E-state index contributed by atoms with van der Waals surface area (Å²) in [4.78, 5) is 0. The van der Waals surface area contributed by atoms with E-state index >= 15 is 0 Å². The summed E-state index contributed by atoms with van der Waals surface area (Å²) in [5.74, 6) is 0.809. The summed E-state index contributed by atoms with van der Waals surface area (Å²) in [6.45, 7) is 5.03. The van der Waals surface area contributed by atoms with Crippen LogP contribution in [-0.4, -0.2) is 28.5 Å². The molecule has 0 bridgehead atoms. The maximum absolute atomic E-state index is 9.75. The third kappa shape index (κ3) is 2.54. The van der Waals surface area contributed by atoms with Gasteiger partial charge in [-0.15, -0.1) is 0 Å². The molecule has 0 saturated heterocycles. The number of hydrogen-bond donors (Lipinski definition) is 0. The quantitative estimate of drug-likeness (QED) is 0.669. The number of rotatable bonds is 3. The number of ether oxygens (including phenoxy) is 1. The first-order valence-corrected chi connectivity index (χ1v) is 8.78. The van der Waals surface area contributed by atoms with Gasteiger partial charge in [0.05, 0.1) is 0 Å². The van der Waals surface area contributed by atoms with Crippen LogP contribution in [0.4, 0.5) is 0 Å². The van der Waals surface area contributed by atoms with E-state index in [1.54, 1.807) is 24.0 Å². The minimum absolute atomic E-state index is 0.735. The van der Waals surface area contributed by atoms with Gasteiger partial charge in [-0.1, -0.05) is 0 Å². The van der Waals surface area contributed by atoms with E-state index < -0.39 is 0 Å². The number of aryl methyl sites for hydroxylation is 2. The molecule has 2 aromatic carbocycles. The number of hydrogen-bond acceptors (Lipinski definition) is 2. The van der Waals surface area contributed by atoms with E-state index in [1.165, 1.54) is 9.91 Å². The molecule has 0 radical (unpaired) electrons. The van der Waals surface area contributed by atoms with Crippen LogP contribution >= 0.6 is 0 Å². The van der Waals surface area contributed by atoms with E-state index in [2.05, 4.69) is 42.7 Å². The van der Waals surface area contributed by atoms with Crippen molar-refractivity contribution in [2.24, 2.45) is 0 Å². The van der Waals surface area contributed by atoms with E-state index in [4.69, 9.17) is 4.74 Å². The van der Waals surface area contributed by atoms with Crippen molar-refractivity contribution in [3.05, 3.63) is 47.5 Å². The number of fused-ring (bicyclic) bond motifs is 1. The third-order valence-corrected chi connectivity index (χ3v) is 5.60. The Morgan fingerprint density at radius 3 is 2.61 bits per heavy atom. The van der Waals surface area contributed by atoms with Gasteiger partial charge in [-0.05, 0) is 0 Å². The molecule has 0 aliphatic rings. The van der Waals surface area contributed by atoms with Crippen molar-refractivity contribution < 1.29 is 4.74 Å². The maximum atomic E-state index is 9.75.